The normalized spacial score (nSPS) is 15.7. The highest BCUT2D eigenvalue weighted by Gasteiger charge is 2.39. The van der Waals surface area contributed by atoms with Gasteiger partial charge in [0.1, 0.15) is 0 Å². The fraction of sp³-hybridized carbons (Fsp3) is 0.562. The molecule has 2 unspecified atom stereocenters. The van der Waals surface area contributed by atoms with Crippen LogP contribution >= 0.6 is 0 Å². The largest absolute Gasteiger partial charge is 0.481 e. The molecule has 106 valence electrons. The van der Waals surface area contributed by atoms with Gasteiger partial charge in [-0.25, -0.2) is 0 Å². The minimum Gasteiger partial charge on any atom is -0.481 e. The second-order valence-electron chi connectivity index (χ2n) is 5.15. The van der Waals surface area contributed by atoms with Crippen LogP contribution < -0.4 is 0 Å². The number of aliphatic hydroxyl groups is 1. The molecule has 0 amide bonds. The van der Waals surface area contributed by atoms with Crippen LogP contribution in [0.4, 0.5) is 0 Å². The van der Waals surface area contributed by atoms with Crippen LogP contribution in [0.2, 0.25) is 0 Å². The number of hydrogen-bond acceptors (Lipinski definition) is 2. The van der Waals surface area contributed by atoms with Gasteiger partial charge in [-0.15, -0.1) is 0 Å². The maximum Gasteiger partial charge on any atom is 0.309 e. The summed E-state index contributed by atoms with van der Waals surface area (Å²) in [6.45, 7) is 3.88. The Balaban J connectivity index is 2.89. The standard InChI is InChI=1S/C16H24O3/c1-3-5-11-14(15(17)18)16(19,4-2)12-13-9-7-6-8-10-13/h6-10,14,19H,3-5,11-12H2,1-2H3,(H,17,18). The SMILES string of the molecule is CCCCC(C(=O)O)C(O)(CC)Cc1ccccc1. The van der Waals surface area contributed by atoms with E-state index in [1.54, 1.807) is 0 Å². The van der Waals surface area contributed by atoms with Gasteiger partial charge in [0.15, 0.2) is 0 Å². The Labute approximate surface area is 115 Å². The molecule has 0 heterocycles. The first-order chi connectivity index (χ1) is 9.03. The van der Waals surface area contributed by atoms with Crippen molar-refractivity contribution in [2.45, 2.75) is 51.6 Å². The predicted octanol–water partition coefficient (Wildman–Crippen LogP) is 3.26. The first kappa shape index (κ1) is 15.7. The molecule has 0 aliphatic carbocycles. The third-order valence-electron chi connectivity index (χ3n) is 3.76. The van der Waals surface area contributed by atoms with E-state index in [1.807, 2.05) is 44.2 Å². The topological polar surface area (TPSA) is 57.5 Å². The zero-order chi connectivity index (χ0) is 14.3. The van der Waals surface area contributed by atoms with Crippen LogP contribution in [-0.2, 0) is 11.2 Å². The summed E-state index contributed by atoms with van der Waals surface area (Å²) in [5.41, 5.74) is -0.183. The monoisotopic (exact) mass is 264 g/mol. The fourth-order valence-electron chi connectivity index (χ4n) is 2.47. The van der Waals surface area contributed by atoms with E-state index in [1.165, 1.54) is 0 Å². The van der Waals surface area contributed by atoms with Gasteiger partial charge in [-0.3, -0.25) is 4.79 Å². The molecule has 19 heavy (non-hydrogen) atoms. The summed E-state index contributed by atoms with van der Waals surface area (Å²) in [6, 6.07) is 9.60. The predicted molar refractivity (Wildman–Crippen MR) is 76.0 cm³/mol. The van der Waals surface area contributed by atoms with Crippen molar-refractivity contribution in [1.82, 2.24) is 0 Å². The number of carbonyl (C=O) groups is 1. The lowest BCUT2D eigenvalue weighted by atomic mass is 9.77. The summed E-state index contributed by atoms with van der Waals surface area (Å²) < 4.78 is 0. The molecule has 1 aromatic carbocycles. The third-order valence-corrected chi connectivity index (χ3v) is 3.76. The van der Waals surface area contributed by atoms with E-state index >= 15 is 0 Å². The Hall–Kier alpha value is -1.35. The van der Waals surface area contributed by atoms with Crippen molar-refractivity contribution in [3.8, 4) is 0 Å². The summed E-state index contributed by atoms with van der Waals surface area (Å²) in [5.74, 6) is -1.59. The Kier molecular flexibility index (Phi) is 6.03. The molecule has 0 aromatic heterocycles. The summed E-state index contributed by atoms with van der Waals surface area (Å²) in [7, 11) is 0. The number of rotatable bonds is 8. The molecule has 0 aliphatic rings. The maximum atomic E-state index is 11.4. The first-order valence-electron chi connectivity index (χ1n) is 7.02. The van der Waals surface area contributed by atoms with Gasteiger partial charge in [0, 0.05) is 6.42 Å². The molecule has 0 aliphatic heterocycles. The lowest BCUT2D eigenvalue weighted by Gasteiger charge is -2.33. The van der Waals surface area contributed by atoms with Crippen molar-refractivity contribution in [1.29, 1.82) is 0 Å². The highest BCUT2D eigenvalue weighted by Crippen LogP contribution is 2.30. The Morgan fingerprint density at radius 3 is 2.37 bits per heavy atom. The van der Waals surface area contributed by atoms with Crippen molar-refractivity contribution >= 4 is 5.97 Å². The Morgan fingerprint density at radius 1 is 1.26 bits per heavy atom. The molecule has 2 atom stereocenters. The van der Waals surface area contributed by atoms with Crippen LogP contribution in [0.3, 0.4) is 0 Å². The van der Waals surface area contributed by atoms with E-state index in [-0.39, 0.29) is 0 Å². The van der Waals surface area contributed by atoms with Crippen LogP contribution in [-0.4, -0.2) is 21.8 Å². The van der Waals surface area contributed by atoms with Crippen LogP contribution in [0.1, 0.15) is 45.1 Å². The average molecular weight is 264 g/mol. The number of benzene rings is 1. The van der Waals surface area contributed by atoms with Crippen LogP contribution in [0.15, 0.2) is 30.3 Å². The highest BCUT2D eigenvalue weighted by atomic mass is 16.4. The molecule has 2 N–H and O–H groups in total. The molecule has 1 rings (SSSR count). The zero-order valence-electron chi connectivity index (χ0n) is 11.8. The van der Waals surface area contributed by atoms with Gasteiger partial charge < -0.3 is 10.2 Å². The molecular weight excluding hydrogens is 240 g/mol. The minimum atomic E-state index is -1.16. The van der Waals surface area contributed by atoms with E-state index in [0.717, 1.165) is 18.4 Å². The van der Waals surface area contributed by atoms with Crippen molar-refractivity contribution in [3.05, 3.63) is 35.9 Å². The van der Waals surface area contributed by atoms with Crippen LogP contribution in [0.25, 0.3) is 0 Å². The van der Waals surface area contributed by atoms with Crippen LogP contribution in [0, 0.1) is 5.92 Å². The van der Waals surface area contributed by atoms with Gasteiger partial charge in [-0.2, -0.15) is 0 Å². The van der Waals surface area contributed by atoms with Gasteiger partial charge in [-0.05, 0) is 18.4 Å². The minimum absolute atomic E-state index is 0.394. The molecular formula is C16H24O3. The van der Waals surface area contributed by atoms with Crippen molar-refractivity contribution in [2.24, 2.45) is 5.92 Å². The third kappa shape index (κ3) is 4.35. The second kappa shape index (κ2) is 7.29. The number of unbranched alkanes of at least 4 members (excludes halogenated alkanes) is 1. The molecule has 0 saturated heterocycles. The van der Waals surface area contributed by atoms with Crippen molar-refractivity contribution in [2.75, 3.05) is 0 Å². The fourth-order valence-corrected chi connectivity index (χ4v) is 2.47. The zero-order valence-corrected chi connectivity index (χ0v) is 11.8. The van der Waals surface area contributed by atoms with E-state index in [0.29, 0.717) is 19.3 Å². The second-order valence-corrected chi connectivity index (χ2v) is 5.15. The summed E-state index contributed by atoms with van der Waals surface area (Å²) in [6.07, 6.45) is 3.14. The first-order valence-corrected chi connectivity index (χ1v) is 7.02. The average Bonchev–Trinajstić information content (AvgIpc) is 2.40. The summed E-state index contributed by atoms with van der Waals surface area (Å²) in [5, 5.41) is 20.1. The number of carboxylic acid groups (broad SMARTS) is 1. The number of aliphatic carboxylic acids is 1. The van der Waals surface area contributed by atoms with Gasteiger partial charge in [0.25, 0.3) is 0 Å². The van der Waals surface area contributed by atoms with E-state index in [9.17, 15) is 15.0 Å². The molecule has 0 saturated carbocycles. The van der Waals surface area contributed by atoms with Gasteiger partial charge in [0.2, 0.25) is 0 Å². The van der Waals surface area contributed by atoms with E-state index < -0.39 is 17.5 Å². The number of hydrogen-bond donors (Lipinski definition) is 2. The van der Waals surface area contributed by atoms with E-state index in [4.69, 9.17) is 0 Å². The molecule has 0 fully saturated rings. The van der Waals surface area contributed by atoms with Crippen LogP contribution in [0.5, 0.6) is 0 Å². The Morgan fingerprint density at radius 2 is 1.89 bits per heavy atom. The molecule has 0 bridgehead atoms. The molecule has 3 heteroatoms. The van der Waals surface area contributed by atoms with Gasteiger partial charge in [0.05, 0.1) is 11.5 Å². The molecule has 0 spiro atoms. The Bertz CT molecular complexity index is 388. The smallest absolute Gasteiger partial charge is 0.309 e. The summed E-state index contributed by atoms with van der Waals surface area (Å²) >= 11 is 0. The molecule has 0 radical (unpaired) electrons. The highest BCUT2D eigenvalue weighted by molar-refractivity contribution is 5.71. The quantitative estimate of drug-likeness (QED) is 0.757. The number of carboxylic acids is 1. The lowest BCUT2D eigenvalue weighted by molar-refractivity contribution is -0.153. The molecule has 1 aromatic rings. The lowest BCUT2D eigenvalue weighted by Crippen LogP contribution is -2.44. The van der Waals surface area contributed by atoms with Crippen molar-refractivity contribution < 1.29 is 15.0 Å². The maximum absolute atomic E-state index is 11.4. The molecule has 3 nitrogen and oxygen atoms in total. The summed E-state index contributed by atoms with van der Waals surface area (Å²) in [4.78, 5) is 11.4. The van der Waals surface area contributed by atoms with E-state index in [2.05, 4.69) is 0 Å². The van der Waals surface area contributed by atoms with Crippen molar-refractivity contribution in [3.63, 3.8) is 0 Å². The van der Waals surface area contributed by atoms with Gasteiger partial charge >= 0.3 is 5.97 Å². The van der Waals surface area contributed by atoms with Gasteiger partial charge in [-0.1, -0.05) is 57.0 Å².